The Labute approximate surface area is 96.4 Å². The van der Waals surface area contributed by atoms with E-state index >= 15 is 0 Å². The standard InChI is InChI=1S/C11H21N5/c1-2-3-9-4-6-10(7-5-9)16-11(8-12)13-14-15-16/h9-10H,2-8,12H2,1H3. The topological polar surface area (TPSA) is 69.6 Å². The summed E-state index contributed by atoms with van der Waals surface area (Å²) < 4.78 is 1.93. The highest BCUT2D eigenvalue weighted by molar-refractivity contribution is 4.85. The largest absolute Gasteiger partial charge is 0.324 e. The molecule has 0 bridgehead atoms. The first-order chi connectivity index (χ1) is 7.85. The molecule has 5 heteroatoms. The third-order valence-corrected chi connectivity index (χ3v) is 3.60. The molecule has 1 aromatic heterocycles. The highest BCUT2D eigenvalue weighted by Gasteiger charge is 2.24. The van der Waals surface area contributed by atoms with Crippen molar-refractivity contribution in [3.63, 3.8) is 0 Å². The molecule has 2 rings (SSSR count). The van der Waals surface area contributed by atoms with Crippen molar-refractivity contribution >= 4 is 0 Å². The molecule has 0 radical (unpaired) electrons. The van der Waals surface area contributed by atoms with E-state index in [-0.39, 0.29) is 0 Å². The highest BCUT2D eigenvalue weighted by atomic mass is 15.6. The second-order valence-corrected chi connectivity index (χ2v) is 4.71. The molecule has 0 amide bonds. The van der Waals surface area contributed by atoms with Gasteiger partial charge in [0.25, 0.3) is 0 Å². The van der Waals surface area contributed by atoms with Crippen molar-refractivity contribution in [1.29, 1.82) is 0 Å². The molecule has 0 aliphatic heterocycles. The Morgan fingerprint density at radius 3 is 2.69 bits per heavy atom. The fourth-order valence-electron chi connectivity index (χ4n) is 2.72. The summed E-state index contributed by atoms with van der Waals surface area (Å²) in [5.41, 5.74) is 5.61. The molecular weight excluding hydrogens is 202 g/mol. The summed E-state index contributed by atoms with van der Waals surface area (Å²) in [4.78, 5) is 0. The van der Waals surface area contributed by atoms with Crippen molar-refractivity contribution in [2.75, 3.05) is 0 Å². The fourth-order valence-corrected chi connectivity index (χ4v) is 2.72. The molecule has 5 nitrogen and oxygen atoms in total. The Balaban J connectivity index is 1.93. The Morgan fingerprint density at radius 2 is 2.06 bits per heavy atom. The van der Waals surface area contributed by atoms with Crippen LogP contribution >= 0.6 is 0 Å². The van der Waals surface area contributed by atoms with Crippen LogP contribution in [0, 0.1) is 5.92 Å². The average molecular weight is 223 g/mol. The zero-order valence-electron chi connectivity index (χ0n) is 9.97. The van der Waals surface area contributed by atoms with Crippen LogP contribution in [0.3, 0.4) is 0 Å². The molecule has 1 aliphatic carbocycles. The summed E-state index contributed by atoms with van der Waals surface area (Å²) in [5.74, 6) is 1.73. The number of rotatable bonds is 4. The van der Waals surface area contributed by atoms with Crippen LogP contribution in [0.1, 0.15) is 57.3 Å². The van der Waals surface area contributed by atoms with E-state index in [0.717, 1.165) is 11.7 Å². The molecule has 0 spiro atoms. The molecule has 90 valence electrons. The van der Waals surface area contributed by atoms with Gasteiger partial charge in [-0.1, -0.05) is 19.8 Å². The van der Waals surface area contributed by atoms with Gasteiger partial charge in [-0.3, -0.25) is 0 Å². The summed E-state index contributed by atoms with van der Waals surface area (Å²) in [7, 11) is 0. The molecule has 0 aromatic carbocycles. The average Bonchev–Trinajstić information content (AvgIpc) is 2.78. The SMILES string of the molecule is CCCC1CCC(n2nnnc2CN)CC1. The van der Waals surface area contributed by atoms with E-state index in [1.807, 2.05) is 4.68 Å². The Morgan fingerprint density at radius 1 is 1.31 bits per heavy atom. The van der Waals surface area contributed by atoms with Crippen molar-refractivity contribution < 1.29 is 0 Å². The molecule has 16 heavy (non-hydrogen) atoms. The molecule has 1 saturated carbocycles. The van der Waals surface area contributed by atoms with E-state index in [0.29, 0.717) is 12.6 Å². The van der Waals surface area contributed by atoms with Crippen LogP contribution in [-0.2, 0) is 6.54 Å². The lowest BCUT2D eigenvalue weighted by Crippen LogP contribution is -2.22. The Hall–Kier alpha value is -0.970. The number of hydrogen-bond acceptors (Lipinski definition) is 4. The third kappa shape index (κ3) is 2.40. The molecule has 0 saturated heterocycles. The maximum Gasteiger partial charge on any atom is 0.165 e. The van der Waals surface area contributed by atoms with Gasteiger partial charge >= 0.3 is 0 Å². The molecule has 1 aliphatic rings. The van der Waals surface area contributed by atoms with Crippen LogP contribution in [0.25, 0.3) is 0 Å². The van der Waals surface area contributed by atoms with Crippen molar-refractivity contribution in [2.24, 2.45) is 11.7 Å². The van der Waals surface area contributed by atoms with Gasteiger partial charge in [0.05, 0.1) is 12.6 Å². The van der Waals surface area contributed by atoms with Gasteiger partial charge in [-0.25, -0.2) is 4.68 Å². The van der Waals surface area contributed by atoms with Gasteiger partial charge < -0.3 is 5.73 Å². The molecule has 2 N–H and O–H groups in total. The number of nitrogens with two attached hydrogens (primary N) is 1. The Bertz CT molecular complexity index is 314. The van der Waals surface area contributed by atoms with Crippen molar-refractivity contribution in [3.05, 3.63) is 5.82 Å². The second-order valence-electron chi connectivity index (χ2n) is 4.71. The highest BCUT2D eigenvalue weighted by Crippen LogP contribution is 2.34. The number of aromatic nitrogens is 4. The van der Waals surface area contributed by atoms with Crippen molar-refractivity contribution in [3.8, 4) is 0 Å². The molecule has 0 unspecified atom stereocenters. The number of nitrogens with zero attached hydrogens (tertiary/aromatic N) is 4. The molecule has 1 aromatic rings. The summed E-state index contributed by atoms with van der Waals surface area (Å²) >= 11 is 0. The predicted molar refractivity (Wildman–Crippen MR) is 61.6 cm³/mol. The molecule has 1 fully saturated rings. The van der Waals surface area contributed by atoms with Crippen LogP contribution < -0.4 is 5.73 Å². The fraction of sp³-hybridized carbons (Fsp3) is 0.909. The minimum absolute atomic E-state index is 0.432. The van der Waals surface area contributed by atoms with Gasteiger partial charge in [0.15, 0.2) is 5.82 Å². The van der Waals surface area contributed by atoms with Crippen LogP contribution in [-0.4, -0.2) is 20.2 Å². The lowest BCUT2D eigenvalue weighted by molar-refractivity contribution is 0.244. The maximum absolute atomic E-state index is 5.61. The zero-order valence-corrected chi connectivity index (χ0v) is 9.97. The monoisotopic (exact) mass is 223 g/mol. The first-order valence-electron chi connectivity index (χ1n) is 6.32. The lowest BCUT2D eigenvalue weighted by atomic mass is 9.83. The van der Waals surface area contributed by atoms with Gasteiger partial charge in [0.2, 0.25) is 0 Å². The zero-order chi connectivity index (χ0) is 11.4. The van der Waals surface area contributed by atoms with Crippen molar-refractivity contribution in [1.82, 2.24) is 20.2 Å². The summed E-state index contributed by atoms with van der Waals surface area (Å²) in [6, 6.07) is 0.474. The molecular formula is C11H21N5. The predicted octanol–water partition coefficient (Wildman–Crippen LogP) is 1.66. The minimum Gasteiger partial charge on any atom is -0.324 e. The van der Waals surface area contributed by atoms with Gasteiger partial charge in [-0.2, -0.15) is 0 Å². The van der Waals surface area contributed by atoms with E-state index in [1.54, 1.807) is 0 Å². The van der Waals surface area contributed by atoms with E-state index in [1.165, 1.54) is 38.5 Å². The van der Waals surface area contributed by atoms with Crippen LogP contribution in [0.4, 0.5) is 0 Å². The van der Waals surface area contributed by atoms with E-state index in [9.17, 15) is 0 Å². The normalized spacial score (nSPS) is 25.9. The van der Waals surface area contributed by atoms with Crippen molar-refractivity contribution in [2.45, 2.75) is 58.0 Å². The maximum atomic E-state index is 5.61. The summed E-state index contributed by atoms with van der Waals surface area (Å²) in [5, 5.41) is 11.7. The van der Waals surface area contributed by atoms with Gasteiger partial charge in [0.1, 0.15) is 0 Å². The Kier molecular flexibility index (Phi) is 3.88. The third-order valence-electron chi connectivity index (χ3n) is 3.60. The van der Waals surface area contributed by atoms with Gasteiger partial charge in [0, 0.05) is 0 Å². The number of hydrogen-bond donors (Lipinski definition) is 1. The van der Waals surface area contributed by atoms with Crippen LogP contribution in [0.2, 0.25) is 0 Å². The second kappa shape index (κ2) is 5.39. The van der Waals surface area contributed by atoms with E-state index < -0.39 is 0 Å². The van der Waals surface area contributed by atoms with E-state index in [4.69, 9.17) is 5.73 Å². The van der Waals surface area contributed by atoms with Crippen LogP contribution in [0.15, 0.2) is 0 Å². The minimum atomic E-state index is 0.432. The molecule has 0 atom stereocenters. The van der Waals surface area contributed by atoms with Gasteiger partial charge in [-0.05, 0) is 42.0 Å². The van der Waals surface area contributed by atoms with Crippen LogP contribution in [0.5, 0.6) is 0 Å². The molecule has 1 heterocycles. The summed E-state index contributed by atoms with van der Waals surface area (Å²) in [6.45, 7) is 2.70. The van der Waals surface area contributed by atoms with E-state index in [2.05, 4.69) is 22.4 Å². The van der Waals surface area contributed by atoms with Gasteiger partial charge in [-0.15, -0.1) is 5.10 Å². The first kappa shape index (κ1) is 11.5. The smallest absolute Gasteiger partial charge is 0.165 e. The number of tetrazole rings is 1. The first-order valence-corrected chi connectivity index (χ1v) is 6.32. The summed E-state index contributed by atoms with van der Waals surface area (Å²) in [6.07, 6.45) is 7.68. The quantitative estimate of drug-likeness (QED) is 0.842. The lowest BCUT2D eigenvalue weighted by Gasteiger charge is -2.28.